The minimum absolute atomic E-state index is 0.0143. The fraction of sp³-hybridized carbons (Fsp3) is 0.462. The molecule has 1 rings (SSSR count). The number of rotatable bonds is 5. The van der Waals surface area contributed by atoms with Gasteiger partial charge < -0.3 is 9.64 Å². The predicted octanol–water partition coefficient (Wildman–Crippen LogP) is 2.78. The second-order valence-electron chi connectivity index (χ2n) is 4.01. The molecule has 4 heteroatoms. The standard InChI is InChI=1S/C13H18ClNO2/c1-10(2)15(8-7-14)13(16)11-5-4-6-12(9-11)17-3/h4-6,9-10H,7-8H2,1-3H3. The van der Waals surface area contributed by atoms with Gasteiger partial charge in [-0.1, -0.05) is 6.07 Å². The van der Waals surface area contributed by atoms with Gasteiger partial charge in [0.1, 0.15) is 5.75 Å². The van der Waals surface area contributed by atoms with Gasteiger partial charge in [0.15, 0.2) is 0 Å². The molecule has 0 aliphatic heterocycles. The van der Waals surface area contributed by atoms with Crippen molar-refractivity contribution in [3.63, 3.8) is 0 Å². The molecule has 1 aromatic carbocycles. The Morgan fingerprint density at radius 2 is 2.18 bits per heavy atom. The Bertz CT molecular complexity index is 379. The molecule has 17 heavy (non-hydrogen) atoms. The molecule has 0 aliphatic carbocycles. The summed E-state index contributed by atoms with van der Waals surface area (Å²) in [5, 5.41) is 0. The largest absolute Gasteiger partial charge is 0.497 e. The average Bonchev–Trinajstić information content (AvgIpc) is 2.34. The van der Waals surface area contributed by atoms with Crippen LogP contribution in [-0.4, -0.2) is 36.4 Å². The first-order valence-electron chi connectivity index (χ1n) is 5.61. The van der Waals surface area contributed by atoms with E-state index in [0.717, 1.165) is 0 Å². The maximum atomic E-state index is 12.3. The smallest absolute Gasteiger partial charge is 0.254 e. The molecular formula is C13H18ClNO2. The Labute approximate surface area is 107 Å². The topological polar surface area (TPSA) is 29.5 Å². The molecule has 0 unspecified atom stereocenters. The molecule has 0 aromatic heterocycles. The van der Waals surface area contributed by atoms with Gasteiger partial charge in [-0.3, -0.25) is 4.79 Å². The molecule has 0 spiro atoms. The molecule has 0 heterocycles. The summed E-state index contributed by atoms with van der Waals surface area (Å²) in [7, 11) is 1.59. The molecule has 0 saturated carbocycles. The van der Waals surface area contributed by atoms with Crippen LogP contribution < -0.4 is 4.74 Å². The summed E-state index contributed by atoms with van der Waals surface area (Å²) in [6.45, 7) is 4.50. The van der Waals surface area contributed by atoms with E-state index in [9.17, 15) is 4.79 Å². The SMILES string of the molecule is COc1cccc(C(=O)N(CCCl)C(C)C)c1. The van der Waals surface area contributed by atoms with Crippen LogP contribution in [0.4, 0.5) is 0 Å². The molecule has 0 bridgehead atoms. The highest BCUT2D eigenvalue weighted by atomic mass is 35.5. The molecule has 0 radical (unpaired) electrons. The lowest BCUT2D eigenvalue weighted by Gasteiger charge is -2.26. The van der Waals surface area contributed by atoms with Crippen LogP contribution in [0.1, 0.15) is 24.2 Å². The van der Waals surface area contributed by atoms with Crippen LogP contribution in [0, 0.1) is 0 Å². The minimum atomic E-state index is -0.0143. The van der Waals surface area contributed by atoms with Crippen molar-refractivity contribution in [2.75, 3.05) is 19.5 Å². The lowest BCUT2D eigenvalue weighted by atomic mass is 10.1. The lowest BCUT2D eigenvalue weighted by Crippen LogP contribution is -2.38. The van der Waals surface area contributed by atoms with Crippen molar-refractivity contribution < 1.29 is 9.53 Å². The minimum Gasteiger partial charge on any atom is -0.497 e. The second-order valence-corrected chi connectivity index (χ2v) is 4.39. The summed E-state index contributed by atoms with van der Waals surface area (Å²) < 4.78 is 5.11. The van der Waals surface area contributed by atoms with Crippen molar-refractivity contribution in [3.05, 3.63) is 29.8 Å². The van der Waals surface area contributed by atoms with E-state index in [1.54, 1.807) is 24.1 Å². The van der Waals surface area contributed by atoms with Gasteiger partial charge in [0, 0.05) is 24.0 Å². The fourth-order valence-electron chi connectivity index (χ4n) is 1.61. The maximum absolute atomic E-state index is 12.3. The Balaban J connectivity index is 2.92. The Kier molecular flexibility index (Phi) is 5.29. The predicted molar refractivity (Wildman–Crippen MR) is 69.9 cm³/mol. The van der Waals surface area contributed by atoms with Gasteiger partial charge in [-0.15, -0.1) is 11.6 Å². The zero-order chi connectivity index (χ0) is 12.8. The summed E-state index contributed by atoms with van der Waals surface area (Å²) in [5.41, 5.74) is 0.628. The third-order valence-electron chi connectivity index (χ3n) is 2.53. The number of ether oxygens (including phenoxy) is 1. The van der Waals surface area contributed by atoms with Crippen LogP contribution in [0.25, 0.3) is 0 Å². The van der Waals surface area contributed by atoms with E-state index < -0.39 is 0 Å². The van der Waals surface area contributed by atoms with Crippen LogP contribution in [0.15, 0.2) is 24.3 Å². The summed E-state index contributed by atoms with van der Waals surface area (Å²) in [4.78, 5) is 14.0. The van der Waals surface area contributed by atoms with Gasteiger partial charge >= 0.3 is 0 Å². The van der Waals surface area contributed by atoms with E-state index in [2.05, 4.69) is 0 Å². The number of hydrogen-bond donors (Lipinski definition) is 0. The van der Waals surface area contributed by atoms with Crippen LogP contribution >= 0.6 is 11.6 Å². The number of benzene rings is 1. The monoisotopic (exact) mass is 255 g/mol. The normalized spacial score (nSPS) is 10.4. The van der Waals surface area contributed by atoms with Gasteiger partial charge in [0.2, 0.25) is 0 Å². The van der Waals surface area contributed by atoms with E-state index in [1.165, 1.54) is 0 Å². The highest BCUT2D eigenvalue weighted by molar-refractivity contribution is 6.18. The zero-order valence-corrected chi connectivity index (χ0v) is 11.2. The number of halogens is 1. The van der Waals surface area contributed by atoms with Crippen molar-refractivity contribution in [1.82, 2.24) is 4.90 Å². The van der Waals surface area contributed by atoms with E-state index in [0.29, 0.717) is 23.7 Å². The summed E-state index contributed by atoms with van der Waals surface area (Å²) in [6.07, 6.45) is 0. The van der Waals surface area contributed by atoms with Gasteiger partial charge in [0.25, 0.3) is 5.91 Å². The Morgan fingerprint density at radius 3 is 2.71 bits per heavy atom. The van der Waals surface area contributed by atoms with Gasteiger partial charge in [0.05, 0.1) is 7.11 Å². The number of carbonyl (C=O) groups excluding carboxylic acids is 1. The van der Waals surface area contributed by atoms with Crippen molar-refractivity contribution >= 4 is 17.5 Å². The van der Waals surface area contributed by atoms with Crippen molar-refractivity contribution in [2.45, 2.75) is 19.9 Å². The van der Waals surface area contributed by atoms with Gasteiger partial charge in [-0.2, -0.15) is 0 Å². The highest BCUT2D eigenvalue weighted by Crippen LogP contribution is 2.15. The van der Waals surface area contributed by atoms with Crippen LogP contribution in [0.2, 0.25) is 0 Å². The second kappa shape index (κ2) is 6.50. The molecule has 94 valence electrons. The van der Waals surface area contributed by atoms with Crippen LogP contribution in [0.5, 0.6) is 5.75 Å². The number of nitrogens with zero attached hydrogens (tertiary/aromatic N) is 1. The van der Waals surface area contributed by atoms with E-state index in [1.807, 2.05) is 26.0 Å². The molecular weight excluding hydrogens is 238 g/mol. The average molecular weight is 256 g/mol. The number of hydrogen-bond acceptors (Lipinski definition) is 2. The summed E-state index contributed by atoms with van der Waals surface area (Å²) >= 11 is 5.71. The molecule has 0 saturated heterocycles. The first-order chi connectivity index (χ1) is 8.10. The first-order valence-corrected chi connectivity index (χ1v) is 6.14. The number of methoxy groups -OCH3 is 1. The van der Waals surface area contributed by atoms with Crippen LogP contribution in [0.3, 0.4) is 0 Å². The third-order valence-corrected chi connectivity index (χ3v) is 2.70. The van der Waals surface area contributed by atoms with Crippen molar-refractivity contribution in [1.29, 1.82) is 0 Å². The quantitative estimate of drug-likeness (QED) is 0.758. The molecule has 1 amide bonds. The van der Waals surface area contributed by atoms with E-state index in [4.69, 9.17) is 16.3 Å². The number of amides is 1. The molecule has 0 fully saturated rings. The molecule has 0 N–H and O–H groups in total. The Hall–Kier alpha value is -1.22. The molecule has 0 aliphatic rings. The van der Waals surface area contributed by atoms with E-state index in [-0.39, 0.29) is 11.9 Å². The fourth-order valence-corrected chi connectivity index (χ4v) is 1.79. The van der Waals surface area contributed by atoms with Crippen LogP contribution in [-0.2, 0) is 0 Å². The molecule has 0 atom stereocenters. The molecule has 1 aromatic rings. The summed E-state index contributed by atoms with van der Waals surface area (Å²) in [5.74, 6) is 1.11. The van der Waals surface area contributed by atoms with Gasteiger partial charge in [-0.25, -0.2) is 0 Å². The number of alkyl halides is 1. The zero-order valence-electron chi connectivity index (χ0n) is 10.4. The summed E-state index contributed by atoms with van der Waals surface area (Å²) in [6, 6.07) is 7.29. The first kappa shape index (κ1) is 13.8. The maximum Gasteiger partial charge on any atom is 0.254 e. The van der Waals surface area contributed by atoms with Crippen molar-refractivity contribution in [2.24, 2.45) is 0 Å². The Morgan fingerprint density at radius 1 is 1.47 bits per heavy atom. The van der Waals surface area contributed by atoms with E-state index >= 15 is 0 Å². The third kappa shape index (κ3) is 3.63. The molecule has 3 nitrogen and oxygen atoms in total. The van der Waals surface area contributed by atoms with Crippen molar-refractivity contribution in [3.8, 4) is 5.75 Å². The number of carbonyl (C=O) groups is 1. The lowest BCUT2D eigenvalue weighted by molar-refractivity contribution is 0.0718. The highest BCUT2D eigenvalue weighted by Gasteiger charge is 2.18. The van der Waals surface area contributed by atoms with Gasteiger partial charge in [-0.05, 0) is 32.0 Å².